The maximum atomic E-state index is 12.5. The molecule has 1 N–H and O–H groups in total. The zero-order chi connectivity index (χ0) is 15.9. The summed E-state index contributed by atoms with van der Waals surface area (Å²) >= 11 is 1.30. The second-order valence-corrected chi connectivity index (χ2v) is 7.15. The number of aryl methyl sites for hydroxylation is 1. The van der Waals surface area contributed by atoms with Crippen LogP contribution in [0.4, 0.5) is 10.8 Å². The van der Waals surface area contributed by atoms with Crippen LogP contribution < -0.4 is 10.9 Å². The smallest absolute Gasteiger partial charge is 0.297 e. The van der Waals surface area contributed by atoms with E-state index in [0.29, 0.717) is 15.8 Å². The Bertz CT molecular complexity index is 874. The van der Waals surface area contributed by atoms with Crippen LogP contribution in [0.25, 0.3) is 4.96 Å². The maximum Gasteiger partial charge on any atom is 0.297 e. The summed E-state index contributed by atoms with van der Waals surface area (Å²) in [5, 5.41) is 16.3. The van der Waals surface area contributed by atoms with Gasteiger partial charge in [-0.3, -0.25) is 4.79 Å². The summed E-state index contributed by atoms with van der Waals surface area (Å²) in [6, 6.07) is 7.96. The summed E-state index contributed by atoms with van der Waals surface area (Å²) in [5.74, 6) is 0. The highest BCUT2D eigenvalue weighted by atomic mass is 32.1. The molecule has 2 aromatic heterocycles. The standard InChI is InChI=1S/C15H17N5OS/c1-9-5-7-10(8-6-9)16-13-19-20-12(21)11(15(2,3)4)17-18-14(20)22-13/h5-8H,1-4H3,(H,16,19). The highest BCUT2D eigenvalue weighted by Gasteiger charge is 2.23. The lowest BCUT2D eigenvalue weighted by Gasteiger charge is -2.14. The normalized spacial score (nSPS) is 11.8. The Kier molecular flexibility index (Phi) is 3.44. The molecule has 114 valence electrons. The van der Waals surface area contributed by atoms with Crippen LogP contribution in [-0.4, -0.2) is 19.8 Å². The van der Waals surface area contributed by atoms with Crippen LogP contribution in [0, 0.1) is 6.92 Å². The topological polar surface area (TPSA) is 72.2 Å². The molecule has 22 heavy (non-hydrogen) atoms. The van der Waals surface area contributed by atoms with Crippen molar-refractivity contribution in [3.63, 3.8) is 0 Å². The Morgan fingerprint density at radius 2 is 1.82 bits per heavy atom. The van der Waals surface area contributed by atoms with E-state index in [-0.39, 0.29) is 11.0 Å². The van der Waals surface area contributed by atoms with Crippen LogP contribution >= 0.6 is 11.3 Å². The summed E-state index contributed by atoms with van der Waals surface area (Å²) in [4.78, 5) is 12.9. The molecule has 0 saturated heterocycles. The van der Waals surface area contributed by atoms with Crippen molar-refractivity contribution in [2.24, 2.45) is 0 Å². The fraction of sp³-hybridized carbons (Fsp3) is 0.333. The van der Waals surface area contributed by atoms with Gasteiger partial charge in [-0.1, -0.05) is 49.8 Å². The van der Waals surface area contributed by atoms with E-state index in [2.05, 4.69) is 20.6 Å². The van der Waals surface area contributed by atoms with E-state index in [1.54, 1.807) is 0 Å². The first kappa shape index (κ1) is 14.6. The van der Waals surface area contributed by atoms with Crippen molar-refractivity contribution in [2.45, 2.75) is 33.1 Å². The van der Waals surface area contributed by atoms with Crippen molar-refractivity contribution in [1.29, 1.82) is 0 Å². The molecule has 0 aliphatic rings. The molecule has 0 unspecified atom stereocenters. The molecule has 1 aromatic carbocycles. The summed E-state index contributed by atoms with van der Waals surface area (Å²) in [6.45, 7) is 7.83. The van der Waals surface area contributed by atoms with Crippen molar-refractivity contribution in [1.82, 2.24) is 19.8 Å². The molecule has 0 saturated carbocycles. The number of nitrogens with one attached hydrogen (secondary N) is 1. The van der Waals surface area contributed by atoms with Gasteiger partial charge in [0.1, 0.15) is 5.69 Å². The SMILES string of the molecule is Cc1ccc(Nc2nn3c(=O)c(C(C)(C)C)nnc3s2)cc1. The Morgan fingerprint density at radius 1 is 1.14 bits per heavy atom. The zero-order valence-electron chi connectivity index (χ0n) is 12.9. The lowest BCUT2D eigenvalue weighted by molar-refractivity contribution is 0.542. The molecule has 7 heteroatoms. The van der Waals surface area contributed by atoms with E-state index in [1.807, 2.05) is 52.0 Å². The van der Waals surface area contributed by atoms with E-state index in [9.17, 15) is 4.79 Å². The Labute approximate surface area is 131 Å². The lowest BCUT2D eigenvalue weighted by Crippen LogP contribution is -2.30. The van der Waals surface area contributed by atoms with Gasteiger partial charge in [-0.15, -0.1) is 15.3 Å². The van der Waals surface area contributed by atoms with Crippen molar-refractivity contribution in [2.75, 3.05) is 5.32 Å². The quantitative estimate of drug-likeness (QED) is 0.787. The minimum atomic E-state index is -0.362. The van der Waals surface area contributed by atoms with Gasteiger partial charge in [0.2, 0.25) is 10.1 Å². The molecular formula is C15H17N5OS. The lowest BCUT2D eigenvalue weighted by atomic mass is 9.93. The minimum Gasteiger partial charge on any atom is -0.330 e. The molecule has 0 bridgehead atoms. The van der Waals surface area contributed by atoms with Crippen LogP contribution in [0.15, 0.2) is 29.1 Å². The molecule has 0 amide bonds. The molecule has 0 radical (unpaired) electrons. The summed E-state index contributed by atoms with van der Waals surface area (Å²) in [6.07, 6.45) is 0. The average molecular weight is 315 g/mol. The van der Waals surface area contributed by atoms with Gasteiger partial charge in [-0.05, 0) is 19.1 Å². The predicted octanol–water partition coefficient (Wildman–Crippen LogP) is 2.90. The molecule has 6 nitrogen and oxygen atoms in total. The number of nitrogens with zero attached hydrogens (tertiary/aromatic N) is 4. The molecule has 0 spiro atoms. The van der Waals surface area contributed by atoms with Gasteiger partial charge in [-0.2, -0.15) is 4.52 Å². The third-order valence-corrected chi connectivity index (χ3v) is 4.02. The van der Waals surface area contributed by atoms with E-state index in [1.165, 1.54) is 21.4 Å². The number of benzene rings is 1. The van der Waals surface area contributed by atoms with Crippen molar-refractivity contribution in [3.05, 3.63) is 45.9 Å². The fourth-order valence-corrected chi connectivity index (χ4v) is 2.75. The Hall–Kier alpha value is -2.28. The first-order valence-corrected chi connectivity index (χ1v) is 7.77. The minimum absolute atomic E-state index is 0.217. The van der Waals surface area contributed by atoms with Gasteiger partial charge in [0, 0.05) is 11.1 Å². The summed E-state index contributed by atoms with van der Waals surface area (Å²) in [7, 11) is 0. The Morgan fingerprint density at radius 3 is 2.45 bits per heavy atom. The molecule has 3 rings (SSSR count). The van der Waals surface area contributed by atoms with Gasteiger partial charge < -0.3 is 5.32 Å². The van der Waals surface area contributed by atoms with Gasteiger partial charge in [0.05, 0.1) is 0 Å². The first-order valence-electron chi connectivity index (χ1n) is 6.95. The van der Waals surface area contributed by atoms with Crippen LogP contribution in [-0.2, 0) is 5.41 Å². The molecule has 3 aromatic rings. The maximum absolute atomic E-state index is 12.5. The van der Waals surface area contributed by atoms with E-state index in [4.69, 9.17) is 0 Å². The van der Waals surface area contributed by atoms with Crippen molar-refractivity contribution >= 4 is 27.1 Å². The van der Waals surface area contributed by atoms with E-state index >= 15 is 0 Å². The second-order valence-electron chi connectivity index (χ2n) is 6.20. The highest BCUT2D eigenvalue weighted by molar-refractivity contribution is 7.20. The van der Waals surface area contributed by atoms with Gasteiger partial charge in [0.25, 0.3) is 5.56 Å². The van der Waals surface area contributed by atoms with Crippen LogP contribution in [0.5, 0.6) is 0 Å². The van der Waals surface area contributed by atoms with Gasteiger partial charge in [0.15, 0.2) is 0 Å². The number of hydrogen-bond acceptors (Lipinski definition) is 6. The molecule has 0 atom stereocenters. The number of hydrogen-bond donors (Lipinski definition) is 1. The third-order valence-electron chi connectivity index (χ3n) is 3.20. The first-order chi connectivity index (χ1) is 10.3. The van der Waals surface area contributed by atoms with Gasteiger partial charge >= 0.3 is 0 Å². The number of fused-ring (bicyclic) bond motifs is 1. The molecule has 2 heterocycles. The molecule has 0 fully saturated rings. The highest BCUT2D eigenvalue weighted by Crippen LogP contribution is 2.22. The molecular weight excluding hydrogens is 298 g/mol. The monoisotopic (exact) mass is 315 g/mol. The molecule has 0 aliphatic heterocycles. The largest absolute Gasteiger partial charge is 0.330 e. The van der Waals surface area contributed by atoms with E-state index < -0.39 is 0 Å². The number of anilines is 2. The summed E-state index contributed by atoms with van der Waals surface area (Å²) < 4.78 is 1.31. The molecule has 0 aliphatic carbocycles. The van der Waals surface area contributed by atoms with Crippen LogP contribution in [0.1, 0.15) is 32.0 Å². The summed E-state index contributed by atoms with van der Waals surface area (Å²) in [5.41, 5.74) is 1.94. The Balaban J connectivity index is 2.01. The zero-order valence-corrected chi connectivity index (χ0v) is 13.7. The number of rotatable bonds is 2. The fourth-order valence-electron chi connectivity index (χ4n) is 2.00. The van der Waals surface area contributed by atoms with Crippen molar-refractivity contribution in [3.8, 4) is 0 Å². The number of aromatic nitrogens is 4. The third kappa shape index (κ3) is 2.71. The second kappa shape index (κ2) is 5.17. The van der Waals surface area contributed by atoms with Gasteiger partial charge in [-0.25, -0.2) is 0 Å². The van der Waals surface area contributed by atoms with Crippen LogP contribution in [0.2, 0.25) is 0 Å². The van der Waals surface area contributed by atoms with Crippen molar-refractivity contribution < 1.29 is 0 Å². The van der Waals surface area contributed by atoms with Crippen LogP contribution in [0.3, 0.4) is 0 Å². The average Bonchev–Trinajstić information content (AvgIpc) is 2.84. The van der Waals surface area contributed by atoms with E-state index in [0.717, 1.165) is 5.69 Å². The predicted molar refractivity (Wildman–Crippen MR) is 88.1 cm³/mol.